The standard InChI is InChI=1S/C49H33NOS/c1-49(2)40-20-8-5-15-33(40)34-28-26-31(29-41(34)49)50(43-22-12-24-45-46(43)39-17-7-10-23-44(39)51-45)42-21-9-6-16-35(42)36-18-11-19-37-38-27-25-30-13-3-4-14-32(30)47(38)52-48(36)37/h3-29H,1-2H3. The Morgan fingerprint density at radius 3 is 2.04 bits per heavy atom. The summed E-state index contributed by atoms with van der Waals surface area (Å²) in [6, 6.07) is 59.8. The second-order valence-corrected chi connectivity index (χ2v) is 15.5. The molecule has 1 aliphatic carbocycles. The molecular formula is C49H33NOS. The fraction of sp³-hybridized carbons (Fsp3) is 0.0612. The summed E-state index contributed by atoms with van der Waals surface area (Å²) >= 11 is 1.91. The van der Waals surface area contributed by atoms with Crippen molar-refractivity contribution >= 4 is 81.3 Å². The Labute approximate surface area is 305 Å². The lowest BCUT2D eigenvalue weighted by molar-refractivity contribution is 0.660. The Morgan fingerprint density at radius 1 is 0.462 bits per heavy atom. The van der Waals surface area contributed by atoms with Gasteiger partial charge in [-0.25, -0.2) is 0 Å². The van der Waals surface area contributed by atoms with E-state index in [1.165, 1.54) is 64.3 Å². The van der Waals surface area contributed by atoms with Crippen LogP contribution in [0.2, 0.25) is 0 Å². The smallest absolute Gasteiger partial charge is 0.137 e. The fourth-order valence-electron chi connectivity index (χ4n) is 8.82. The van der Waals surface area contributed by atoms with Crippen molar-refractivity contribution in [1.29, 1.82) is 0 Å². The lowest BCUT2D eigenvalue weighted by Gasteiger charge is -2.30. The number of benzene rings is 8. The topological polar surface area (TPSA) is 16.4 Å². The van der Waals surface area contributed by atoms with Crippen molar-refractivity contribution < 1.29 is 4.42 Å². The van der Waals surface area contributed by atoms with Crippen LogP contribution in [-0.2, 0) is 5.41 Å². The van der Waals surface area contributed by atoms with E-state index in [0.717, 1.165) is 39.0 Å². The van der Waals surface area contributed by atoms with E-state index < -0.39 is 0 Å². The summed E-state index contributed by atoms with van der Waals surface area (Å²) in [7, 11) is 0. The number of hydrogen-bond acceptors (Lipinski definition) is 3. The second kappa shape index (κ2) is 10.9. The van der Waals surface area contributed by atoms with Crippen molar-refractivity contribution in [3.63, 3.8) is 0 Å². The van der Waals surface area contributed by atoms with Gasteiger partial charge < -0.3 is 9.32 Å². The SMILES string of the molecule is CC1(C)c2ccccc2-c2ccc(N(c3ccccc3-c3cccc4c3sc3c5ccccc5ccc43)c3cccc4oc5ccccc5c34)cc21. The molecule has 0 N–H and O–H groups in total. The Kier molecular flexibility index (Phi) is 6.21. The van der Waals surface area contributed by atoms with Gasteiger partial charge in [-0.2, -0.15) is 0 Å². The van der Waals surface area contributed by atoms with Crippen molar-refractivity contribution in [2.24, 2.45) is 0 Å². The third-order valence-electron chi connectivity index (χ3n) is 11.3. The van der Waals surface area contributed by atoms with Gasteiger partial charge in [-0.3, -0.25) is 0 Å². The zero-order valence-corrected chi connectivity index (χ0v) is 29.7. The first-order chi connectivity index (χ1) is 25.6. The number of furan rings is 1. The lowest BCUT2D eigenvalue weighted by atomic mass is 9.82. The molecule has 0 atom stereocenters. The summed E-state index contributed by atoms with van der Waals surface area (Å²) in [6.07, 6.45) is 0. The maximum absolute atomic E-state index is 6.48. The maximum Gasteiger partial charge on any atom is 0.137 e. The molecule has 10 aromatic rings. The molecule has 0 bridgehead atoms. The third-order valence-corrected chi connectivity index (χ3v) is 12.6. The Bertz CT molecular complexity index is 3070. The van der Waals surface area contributed by atoms with E-state index in [4.69, 9.17) is 4.42 Å². The largest absolute Gasteiger partial charge is 0.456 e. The van der Waals surface area contributed by atoms with Gasteiger partial charge in [0.15, 0.2) is 0 Å². The van der Waals surface area contributed by atoms with E-state index >= 15 is 0 Å². The predicted molar refractivity (Wildman–Crippen MR) is 222 cm³/mol. The van der Waals surface area contributed by atoms with Crippen LogP contribution in [0.1, 0.15) is 25.0 Å². The van der Waals surface area contributed by atoms with Crippen LogP contribution in [0.4, 0.5) is 17.1 Å². The van der Waals surface area contributed by atoms with Crippen LogP contribution < -0.4 is 4.90 Å². The summed E-state index contributed by atoms with van der Waals surface area (Å²) in [5.74, 6) is 0. The molecule has 0 amide bonds. The third kappa shape index (κ3) is 4.11. The summed E-state index contributed by atoms with van der Waals surface area (Å²) < 4.78 is 9.12. The molecule has 11 rings (SSSR count). The molecular weight excluding hydrogens is 651 g/mol. The number of nitrogens with zero attached hydrogens (tertiary/aromatic N) is 1. The molecule has 0 saturated carbocycles. The molecule has 2 aromatic heterocycles. The molecule has 0 spiro atoms. The highest BCUT2D eigenvalue weighted by Crippen LogP contribution is 2.53. The molecule has 0 saturated heterocycles. The van der Waals surface area contributed by atoms with Gasteiger partial charge >= 0.3 is 0 Å². The number of thiophene rings is 1. The van der Waals surface area contributed by atoms with Crippen molar-refractivity contribution in [2.75, 3.05) is 4.90 Å². The van der Waals surface area contributed by atoms with Crippen molar-refractivity contribution in [3.8, 4) is 22.3 Å². The van der Waals surface area contributed by atoms with Gasteiger partial charge in [-0.05, 0) is 69.4 Å². The minimum absolute atomic E-state index is 0.132. The first-order valence-corrected chi connectivity index (χ1v) is 18.7. The van der Waals surface area contributed by atoms with E-state index in [1.54, 1.807) is 0 Å². The van der Waals surface area contributed by atoms with Gasteiger partial charge in [-0.15, -0.1) is 11.3 Å². The molecule has 52 heavy (non-hydrogen) atoms. The number of para-hydroxylation sites is 2. The summed E-state index contributed by atoms with van der Waals surface area (Å²) in [5.41, 5.74) is 12.8. The number of rotatable bonds is 4. The van der Waals surface area contributed by atoms with Gasteiger partial charge in [-0.1, -0.05) is 141 Å². The minimum atomic E-state index is -0.132. The van der Waals surface area contributed by atoms with Crippen LogP contribution in [0.5, 0.6) is 0 Å². The van der Waals surface area contributed by atoms with E-state index in [1.807, 2.05) is 17.4 Å². The number of anilines is 3. The van der Waals surface area contributed by atoms with Gasteiger partial charge in [0.1, 0.15) is 11.2 Å². The average molecular weight is 684 g/mol. The molecule has 2 nitrogen and oxygen atoms in total. The molecule has 246 valence electrons. The maximum atomic E-state index is 6.48. The first-order valence-electron chi connectivity index (χ1n) is 17.9. The van der Waals surface area contributed by atoms with Crippen LogP contribution >= 0.6 is 11.3 Å². The highest BCUT2D eigenvalue weighted by atomic mass is 32.1. The lowest BCUT2D eigenvalue weighted by Crippen LogP contribution is -2.17. The zero-order chi connectivity index (χ0) is 34.6. The monoisotopic (exact) mass is 683 g/mol. The van der Waals surface area contributed by atoms with Crippen molar-refractivity contribution in [1.82, 2.24) is 0 Å². The minimum Gasteiger partial charge on any atom is -0.456 e. The quantitative estimate of drug-likeness (QED) is 0.184. The number of fused-ring (bicyclic) bond motifs is 11. The van der Waals surface area contributed by atoms with Crippen LogP contribution in [-0.4, -0.2) is 0 Å². The van der Waals surface area contributed by atoms with Crippen molar-refractivity contribution in [3.05, 3.63) is 175 Å². The van der Waals surface area contributed by atoms with Crippen molar-refractivity contribution in [2.45, 2.75) is 19.3 Å². The molecule has 0 aliphatic heterocycles. The van der Waals surface area contributed by atoms with Gasteiger partial charge in [0.05, 0.1) is 16.8 Å². The Balaban J connectivity index is 1.20. The van der Waals surface area contributed by atoms with Gasteiger partial charge in [0.25, 0.3) is 0 Å². The fourth-order valence-corrected chi connectivity index (χ4v) is 10.2. The van der Waals surface area contributed by atoms with E-state index in [0.29, 0.717) is 0 Å². The molecule has 0 radical (unpaired) electrons. The summed E-state index contributed by atoms with van der Waals surface area (Å²) in [4.78, 5) is 2.47. The van der Waals surface area contributed by atoms with Crippen LogP contribution in [0.3, 0.4) is 0 Å². The van der Waals surface area contributed by atoms with E-state index in [2.05, 4.69) is 176 Å². The molecule has 0 unspecified atom stereocenters. The highest BCUT2D eigenvalue weighted by Gasteiger charge is 2.36. The Morgan fingerprint density at radius 2 is 1.12 bits per heavy atom. The second-order valence-electron chi connectivity index (χ2n) is 14.4. The molecule has 3 heteroatoms. The highest BCUT2D eigenvalue weighted by molar-refractivity contribution is 7.27. The van der Waals surface area contributed by atoms with Crippen LogP contribution in [0, 0.1) is 0 Å². The normalized spacial score (nSPS) is 13.3. The summed E-state index contributed by atoms with van der Waals surface area (Å²) in [5, 5.41) is 7.42. The summed E-state index contributed by atoms with van der Waals surface area (Å²) in [6.45, 7) is 4.71. The van der Waals surface area contributed by atoms with Gasteiger partial charge in [0, 0.05) is 47.8 Å². The predicted octanol–water partition coefficient (Wildman–Crippen LogP) is 14.6. The van der Waals surface area contributed by atoms with E-state index in [-0.39, 0.29) is 5.41 Å². The zero-order valence-electron chi connectivity index (χ0n) is 28.9. The Hall–Kier alpha value is -6.16. The number of hydrogen-bond donors (Lipinski definition) is 0. The van der Waals surface area contributed by atoms with Crippen LogP contribution in [0.15, 0.2) is 168 Å². The average Bonchev–Trinajstić information content (AvgIpc) is 3.84. The first kappa shape index (κ1) is 29.6. The molecule has 2 heterocycles. The molecule has 0 fully saturated rings. The molecule has 1 aliphatic rings. The van der Waals surface area contributed by atoms with E-state index in [9.17, 15) is 0 Å². The molecule has 8 aromatic carbocycles. The van der Waals surface area contributed by atoms with Gasteiger partial charge in [0.2, 0.25) is 0 Å². The van der Waals surface area contributed by atoms with Crippen LogP contribution in [0.25, 0.3) is 75.1 Å².